The number of aliphatic carboxylic acids is 2. The molecule has 1 atom stereocenters. The highest BCUT2D eigenvalue weighted by Gasteiger charge is 2.39. The van der Waals surface area contributed by atoms with Gasteiger partial charge < -0.3 is 20.3 Å². The Kier molecular flexibility index (Phi) is 11.2. The lowest BCUT2D eigenvalue weighted by molar-refractivity contribution is -0.193. The highest BCUT2D eigenvalue weighted by molar-refractivity contribution is 5.73. The van der Waals surface area contributed by atoms with Crippen molar-refractivity contribution in [3.05, 3.63) is 48.2 Å². The van der Waals surface area contributed by atoms with Crippen molar-refractivity contribution in [1.82, 2.24) is 19.9 Å². The molecule has 2 fully saturated rings. The van der Waals surface area contributed by atoms with Crippen molar-refractivity contribution < 1.29 is 50.9 Å². The second-order valence-electron chi connectivity index (χ2n) is 8.03. The zero-order valence-corrected chi connectivity index (χ0v) is 19.7. The molecule has 1 aliphatic carbocycles. The predicted octanol–water partition coefficient (Wildman–Crippen LogP) is 3.68. The Labute approximate surface area is 212 Å². The van der Waals surface area contributed by atoms with Crippen LogP contribution < -0.4 is 5.32 Å². The Balaban J connectivity index is 0.000000301. The van der Waals surface area contributed by atoms with Crippen LogP contribution in [0.1, 0.15) is 36.7 Å². The number of anilines is 1. The first-order valence-electron chi connectivity index (χ1n) is 11.2. The second kappa shape index (κ2) is 13.9. The number of pyridine rings is 1. The molecule has 2 aromatic rings. The number of carboxylic acid groups (broad SMARTS) is 2. The number of aromatic nitrogens is 3. The predicted molar refractivity (Wildman–Crippen MR) is 119 cm³/mol. The minimum Gasteiger partial charge on any atom is -0.475 e. The Bertz CT molecular complexity index is 1010. The number of halogens is 6. The molecule has 1 aliphatic heterocycles. The Morgan fingerprint density at radius 1 is 1.05 bits per heavy atom. The molecule has 16 heteroatoms. The maximum Gasteiger partial charge on any atom is 0.490 e. The van der Waals surface area contributed by atoms with Gasteiger partial charge in [-0.05, 0) is 30.5 Å². The monoisotopic (exact) mass is 553 g/mol. The first-order valence-corrected chi connectivity index (χ1v) is 11.2. The van der Waals surface area contributed by atoms with Crippen LogP contribution in [0.4, 0.5) is 32.2 Å². The molecular formula is C22H25F6N5O5. The lowest BCUT2D eigenvalue weighted by Gasteiger charge is -2.44. The molecule has 210 valence electrons. The summed E-state index contributed by atoms with van der Waals surface area (Å²) in [6.07, 6.45) is -0.776. The fourth-order valence-electron chi connectivity index (χ4n) is 3.32. The lowest BCUT2D eigenvalue weighted by Crippen LogP contribution is -2.49. The largest absolute Gasteiger partial charge is 0.490 e. The molecule has 1 unspecified atom stereocenters. The summed E-state index contributed by atoms with van der Waals surface area (Å²) in [6, 6.07) is 6.75. The van der Waals surface area contributed by atoms with E-state index in [0.29, 0.717) is 19.2 Å². The van der Waals surface area contributed by atoms with Gasteiger partial charge in [0.1, 0.15) is 11.6 Å². The van der Waals surface area contributed by atoms with Crippen LogP contribution in [0.2, 0.25) is 0 Å². The average molecular weight is 553 g/mol. The van der Waals surface area contributed by atoms with E-state index >= 15 is 0 Å². The molecule has 1 saturated carbocycles. The fourth-order valence-corrected chi connectivity index (χ4v) is 3.32. The fraction of sp³-hybridized carbons (Fsp3) is 0.500. The van der Waals surface area contributed by atoms with Gasteiger partial charge in [-0.3, -0.25) is 9.88 Å². The minimum atomic E-state index is -5.08. The van der Waals surface area contributed by atoms with Gasteiger partial charge in [0.25, 0.3) is 0 Å². The van der Waals surface area contributed by atoms with Crippen molar-refractivity contribution in [3.63, 3.8) is 0 Å². The van der Waals surface area contributed by atoms with Gasteiger partial charge in [-0.25, -0.2) is 19.6 Å². The highest BCUT2D eigenvalue weighted by Crippen LogP contribution is 2.33. The number of carbonyl (C=O) groups is 2. The third-order valence-corrected chi connectivity index (χ3v) is 5.37. The van der Waals surface area contributed by atoms with Gasteiger partial charge in [0.05, 0.1) is 19.3 Å². The number of carboxylic acids is 2. The summed E-state index contributed by atoms with van der Waals surface area (Å²) < 4.78 is 69.2. The summed E-state index contributed by atoms with van der Waals surface area (Å²) in [5, 5.41) is 17.6. The number of nitrogens with zero attached hydrogens (tertiary/aromatic N) is 4. The summed E-state index contributed by atoms with van der Waals surface area (Å²) in [4.78, 5) is 33.7. The van der Waals surface area contributed by atoms with Crippen molar-refractivity contribution in [3.8, 4) is 0 Å². The molecule has 3 N–H and O–H groups in total. The van der Waals surface area contributed by atoms with Gasteiger partial charge in [-0.15, -0.1) is 0 Å². The molecule has 2 aromatic heterocycles. The minimum absolute atomic E-state index is 0.171. The molecule has 0 radical (unpaired) electrons. The number of hydrogen-bond donors (Lipinski definition) is 3. The molecule has 0 bridgehead atoms. The van der Waals surface area contributed by atoms with Crippen LogP contribution in [-0.2, 0) is 20.9 Å². The Hall–Kier alpha value is -3.53. The lowest BCUT2D eigenvalue weighted by atomic mass is 9.90. The third-order valence-electron chi connectivity index (χ3n) is 5.37. The van der Waals surface area contributed by atoms with Crippen molar-refractivity contribution in [1.29, 1.82) is 0 Å². The second-order valence-corrected chi connectivity index (χ2v) is 8.03. The van der Waals surface area contributed by atoms with Crippen LogP contribution >= 0.6 is 0 Å². The molecule has 38 heavy (non-hydrogen) atoms. The number of rotatable bonds is 5. The summed E-state index contributed by atoms with van der Waals surface area (Å²) >= 11 is 0. The van der Waals surface area contributed by atoms with E-state index in [0.717, 1.165) is 30.4 Å². The molecule has 3 heterocycles. The van der Waals surface area contributed by atoms with E-state index in [1.165, 1.54) is 19.3 Å². The van der Waals surface area contributed by atoms with E-state index in [1.54, 1.807) is 6.20 Å². The van der Waals surface area contributed by atoms with Crippen LogP contribution in [0.5, 0.6) is 0 Å². The van der Waals surface area contributed by atoms with Crippen LogP contribution in [0.3, 0.4) is 0 Å². The molecule has 0 aromatic carbocycles. The van der Waals surface area contributed by atoms with E-state index in [1.807, 2.05) is 24.5 Å². The molecule has 0 amide bonds. The van der Waals surface area contributed by atoms with Gasteiger partial charge in [0.2, 0.25) is 0 Å². The van der Waals surface area contributed by atoms with Crippen LogP contribution in [-0.4, -0.2) is 80.2 Å². The summed E-state index contributed by atoms with van der Waals surface area (Å²) in [5.41, 5.74) is 1.13. The van der Waals surface area contributed by atoms with E-state index in [4.69, 9.17) is 29.5 Å². The number of hydrogen-bond acceptors (Lipinski definition) is 8. The van der Waals surface area contributed by atoms with Gasteiger partial charge >= 0.3 is 24.3 Å². The maximum atomic E-state index is 10.6. The number of morpholine rings is 1. The summed E-state index contributed by atoms with van der Waals surface area (Å²) in [5.74, 6) is -3.80. The Morgan fingerprint density at radius 2 is 1.68 bits per heavy atom. The molecule has 1 saturated heterocycles. The van der Waals surface area contributed by atoms with Gasteiger partial charge in [-0.2, -0.15) is 26.3 Å². The maximum absolute atomic E-state index is 10.6. The normalized spacial score (nSPS) is 18.1. The van der Waals surface area contributed by atoms with Crippen LogP contribution in [0, 0.1) is 0 Å². The standard InChI is InChI=1S/C18H23N5O.2C2HF3O2/c1-4-15(5-1)23-9-10-24-13-16(23)18-20-8-6-17(22-18)21-12-14-3-2-7-19-11-14;2*3-2(4,5)1(6)7/h2-3,6-8,11,15-16H,1,4-5,9-10,12-13H2,(H,20,21,22);2*(H,6,7). The van der Waals surface area contributed by atoms with Crippen molar-refractivity contribution in [2.45, 2.75) is 50.2 Å². The molecular weight excluding hydrogens is 528 g/mol. The zero-order valence-electron chi connectivity index (χ0n) is 19.7. The van der Waals surface area contributed by atoms with Crippen molar-refractivity contribution in [2.75, 3.05) is 25.1 Å². The van der Waals surface area contributed by atoms with Gasteiger partial charge in [0, 0.05) is 37.7 Å². The van der Waals surface area contributed by atoms with Crippen molar-refractivity contribution >= 4 is 17.8 Å². The topological polar surface area (TPSA) is 138 Å². The molecule has 0 spiro atoms. The third kappa shape index (κ3) is 10.1. The van der Waals surface area contributed by atoms with Crippen LogP contribution in [0.15, 0.2) is 36.8 Å². The molecule has 4 rings (SSSR count). The molecule has 10 nitrogen and oxygen atoms in total. The number of ether oxygens (including phenoxy) is 1. The van der Waals surface area contributed by atoms with E-state index in [2.05, 4.69) is 26.3 Å². The number of nitrogens with one attached hydrogen (secondary N) is 1. The first-order chi connectivity index (χ1) is 17.8. The average Bonchev–Trinajstić information content (AvgIpc) is 2.82. The van der Waals surface area contributed by atoms with Gasteiger partial charge in [-0.1, -0.05) is 12.5 Å². The summed E-state index contributed by atoms with van der Waals surface area (Å²) in [6.45, 7) is 3.18. The number of alkyl halides is 6. The van der Waals surface area contributed by atoms with Crippen LogP contribution in [0.25, 0.3) is 0 Å². The first kappa shape index (κ1) is 30.7. The van der Waals surface area contributed by atoms with E-state index in [9.17, 15) is 26.3 Å². The SMILES string of the molecule is O=C(O)C(F)(F)F.O=C(O)C(F)(F)F.c1cncc(CNc2ccnc(C3COCCN3C3CCC3)n2)c1. The van der Waals surface area contributed by atoms with Crippen molar-refractivity contribution in [2.24, 2.45) is 0 Å². The van der Waals surface area contributed by atoms with E-state index in [-0.39, 0.29) is 6.04 Å². The van der Waals surface area contributed by atoms with Gasteiger partial charge in [0.15, 0.2) is 0 Å². The van der Waals surface area contributed by atoms with E-state index < -0.39 is 24.3 Å². The summed E-state index contributed by atoms with van der Waals surface area (Å²) in [7, 11) is 0. The quantitative estimate of drug-likeness (QED) is 0.470. The Morgan fingerprint density at radius 3 is 2.18 bits per heavy atom. The smallest absolute Gasteiger partial charge is 0.475 e. The zero-order chi connectivity index (χ0) is 28.3. The highest BCUT2D eigenvalue weighted by atomic mass is 19.4. The molecule has 2 aliphatic rings.